The Labute approximate surface area is 200 Å². The van der Waals surface area contributed by atoms with Gasteiger partial charge in [-0.15, -0.1) is 0 Å². The van der Waals surface area contributed by atoms with Gasteiger partial charge in [-0.05, 0) is 36.8 Å². The van der Waals surface area contributed by atoms with E-state index in [9.17, 15) is 9.59 Å². The van der Waals surface area contributed by atoms with E-state index >= 15 is 0 Å². The average Bonchev–Trinajstić information content (AvgIpc) is 3.53. The minimum atomic E-state index is -0.403. The number of amides is 1. The Morgan fingerprint density at radius 1 is 1.03 bits per heavy atom. The van der Waals surface area contributed by atoms with Gasteiger partial charge in [-0.3, -0.25) is 14.6 Å². The number of aryl methyl sites for hydroxylation is 1. The molecule has 0 aliphatic carbocycles. The molecule has 1 amide bonds. The second-order valence-corrected chi connectivity index (χ2v) is 7.78. The fraction of sp³-hybridized carbons (Fsp3) is 0.0769. The number of H-pyrrole nitrogens is 1. The van der Waals surface area contributed by atoms with Gasteiger partial charge in [0, 0.05) is 17.7 Å². The molecule has 0 radical (unpaired) electrons. The molecule has 5 rings (SSSR count). The third-order valence-corrected chi connectivity index (χ3v) is 5.11. The molecule has 3 aromatic heterocycles. The maximum Gasteiger partial charge on any atom is 0.263 e. The monoisotopic (exact) mass is 467 g/mol. The Kier molecular flexibility index (Phi) is 5.96. The second kappa shape index (κ2) is 9.52. The molecule has 5 aromatic rings. The molecule has 3 heterocycles. The highest BCUT2D eigenvalue weighted by Crippen LogP contribution is 2.25. The van der Waals surface area contributed by atoms with E-state index in [0.29, 0.717) is 28.7 Å². The molecule has 0 spiro atoms. The van der Waals surface area contributed by atoms with E-state index < -0.39 is 5.91 Å². The first-order valence-electron chi connectivity index (χ1n) is 10.9. The number of aromatic nitrogens is 4. The van der Waals surface area contributed by atoms with E-state index in [-0.39, 0.29) is 18.1 Å². The van der Waals surface area contributed by atoms with Crippen molar-refractivity contribution in [2.75, 3.05) is 11.9 Å². The van der Waals surface area contributed by atoms with E-state index in [4.69, 9.17) is 9.15 Å². The highest BCUT2D eigenvalue weighted by atomic mass is 16.5. The number of rotatable bonds is 7. The summed E-state index contributed by atoms with van der Waals surface area (Å²) in [6.45, 7) is 1.73. The van der Waals surface area contributed by atoms with Crippen LogP contribution in [0.15, 0.2) is 94.3 Å². The second-order valence-electron chi connectivity index (χ2n) is 7.78. The molecular formula is C26H21N5O4. The highest BCUT2D eigenvalue weighted by molar-refractivity contribution is 5.91. The number of carbonyl (C=O) groups is 1. The minimum absolute atomic E-state index is 0.143. The quantitative estimate of drug-likeness (QED) is 0.371. The molecule has 9 heteroatoms. The van der Waals surface area contributed by atoms with E-state index in [2.05, 4.69) is 20.4 Å². The molecule has 0 saturated carbocycles. The molecule has 0 unspecified atom stereocenters. The molecule has 0 saturated heterocycles. The Bertz CT molecular complexity index is 1520. The number of anilines is 1. The maximum absolute atomic E-state index is 12.7. The van der Waals surface area contributed by atoms with Crippen molar-refractivity contribution in [3.05, 3.63) is 101 Å². The van der Waals surface area contributed by atoms with Crippen molar-refractivity contribution < 1.29 is 13.9 Å². The van der Waals surface area contributed by atoms with Crippen molar-refractivity contribution in [1.29, 1.82) is 0 Å². The van der Waals surface area contributed by atoms with Gasteiger partial charge in [-0.1, -0.05) is 42.5 Å². The summed E-state index contributed by atoms with van der Waals surface area (Å²) >= 11 is 0. The number of hydrogen-bond donors (Lipinski definition) is 2. The SMILES string of the molecule is Cc1cccc(OCC(=O)Nc2cc(-c3ccco3)nn2-c2nc(-c3ccccc3)cc(=O)[nH]2)c1. The van der Waals surface area contributed by atoms with Crippen LogP contribution in [0.3, 0.4) is 0 Å². The summed E-state index contributed by atoms with van der Waals surface area (Å²) in [6.07, 6.45) is 1.53. The zero-order valence-corrected chi connectivity index (χ0v) is 18.8. The zero-order valence-electron chi connectivity index (χ0n) is 18.8. The van der Waals surface area contributed by atoms with E-state index in [1.807, 2.05) is 55.5 Å². The van der Waals surface area contributed by atoms with Crippen LogP contribution in [0, 0.1) is 6.92 Å². The highest BCUT2D eigenvalue weighted by Gasteiger charge is 2.18. The largest absolute Gasteiger partial charge is 0.484 e. The van der Waals surface area contributed by atoms with Crippen LogP contribution >= 0.6 is 0 Å². The summed E-state index contributed by atoms with van der Waals surface area (Å²) in [5.41, 5.74) is 2.37. The molecule has 174 valence electrons. The molecule has 2 N–H and O–H groups in total. The number of aromatic amines is 1. The fourth-order valence-electron chi connectivity index (χ4n) is 3.51. The topological polar surface area (TPSA) is 115 Å². The van der Waals surface area contributed by atoms with Crippen LogP contribution in [0.4, 0.5) is 5.82 Å². The molecule has 2 aromatic carbocycles. The molecule has 0 fully saturated rings. The lowest BCUT2D eigenvalue weighted by atomic mass is 10.1. The lowest BCUT2D eigenvalue weighted by Crippen LogP contribution is -2.23. The van der Waals surface area contributed by atoms with Crippen molar-refractivity contribution >= 4 is 11.7 Å². The average molecular weight is 467 g/mol. The number of benzene rings is 2. The van der Waals surface area contributed by atoms with Crippen molar-refractivity contribution in [2.45, 2.75) is 6.92 Å². The van der Waals surface area contributed by atoms with E-state index in [0.717, 1.165) is 11.1 Å². The van der Waals surface area contributed by atoms with Crippen LogP contribution in [0.2, 0.25) is 0 Å². The third-order valence-electron chi connectivity index (χ3n) is 5.11. The number of furan rings is 1. The van der Waals surface area contributed by atoms with Crippen molar-refractivity contribution in [2.24, 2.45) is 0 Å². The summed E-state index contributed by atoms with van der Waals surface area (Å²) in [7, 11) is 0. The van der Waals surface area contributed by atoms with Crippen molar-refractivity contribution in [1.82, 2.24) is 19.7 Å². The molecule has 0 aliphatic rings. The standard InChI is InChI=1S/C26H21N5O4/c1-17-7-5-10-19(13-17)35-16-25(33)28-23-14-21(22-11-6-12-34-22)30-31(23)26-27-20(15-24(32)29-26)18-8-3-2-4-9-18/h2-15H,16H2,1H3,(H,28,33)(H,27,29,32). The summed E-state index contributed by atoms with van der Waals surface area (Å²) < 4.78 is 12.4. The number of nitrogens with zero attached hydrogens (tertiary/aromatic N) is 3. The van der Waals surface area contributed by atoms with Crippen LogP contribution in [0.1, 0.15) is 5.56 Å². The number of nitrogens with one attached hydrogen (secondary N) is 2. The molecule has 9 nitrogen and oxygen atoms in total. The van der Waals surface area contributed by atoms with Gasteiger partial charge in [0.25, 0.3) is 11.5 Å². The summed E-state index contributed by atoms with van der Waals surface area (Å²) in [5.74, 6) is 1.12. The summed E-state index contributed by atoms with van der Waals surface area (Å²) in [6, 6.07) is 23.3. The Morgan fingerprint density at radius 3 is 2.66 bits per heavy atom. The number of hydrogen-bond acceptors (Lipinski definition) is 6. The Hall–Kier alpha value is -4.92. The van der Waals surface area contributed by atoms with E-state index in [1.165, 1.54) is 17.0 Å². The first-order valence-corrected chi connectivity index (χ1v) is 10.9. The minimum Gasteiger partial charge on any atom is -0.484 e. The Balaban J connectivity index is 1.47. The van der Waals surface area contributed by atoms with Gasteiger partial charge in [0.05, 0.1) is 12.0 Å². The van der Waals surface area contributed by atoms with Gasteiger partial charge in [-0.2, -0.15) is 9.78 Å². The third kappa shape index (κ3) is 5.03. The predicted octanol–water partition coefficient (Wildman–Crippen LogP) is 4.21. The zero-order chi connectivity index (χ0) is 24.2. The fourth-order valence-corrected chi connectivity index (χ4v) is 3.51. The van der Waals surface area contributed by atoms with Crippen LogP contribution < -0.4 is 15.6 Å². The molecular weight excluding hydrogens is 446 g/mol. The van der Waals surface area contributed by atoms with Gasteiger partial charge in [-0.25, -0.2) is 4.98 Å². The van der Waals surface area contributed by atoms with Crippen LogP contribution in [-0.2, 0) is 4.79 Å². The smallest absolute Gasteiger partial charge is 0.263 e. The van der Waals surface area contributed by atoms with Crippen LogP contribution in [0.25, 0.3) is 28.7 Å². The van der Waals surface area contributed by atoms with Gasteiger partial charge < -0.3 is 14.5 Å². The van der Waals surface area contributed by atoms with Crippen molar-refractivity contribution in [3.63, 3.8) is 0 Å². The molecule has 0 bridgehead atoms. The number of ether oxygens (including phenoxy) is 1. The predicted molar refractivity (Wildman–Crippen MR) is 130 cm³/mol. The summed E-state index contributed by atoms with van der Waals surface area (Å²) in [4.78, 5) is 32.4. The first-order chi connectivity index (χ1) is 17.0. The Morgan fingerprint density at radius 2 is 1.89 bits per heavy atom. The maximum atomic E-state index is 12.7. The van der Waals surface area contributed by atoms with Gasteiger partial charge in [0.15, 0.2) is 12.4 Å². The number of carbonyl (C=O) groups excluding carboxylic acids is 1. The van der Waals surface area contributed by atoms with E-state index in [1.54, 1.807) is 24.3 Å². The normalized spacial score (nSPS) is 10.8. The van der Waals surface area contributed by atoms with Gasteiger partial charge in [0.1, 0.15) is 17.3 Å². The molecule has 0 atom stereocenters. The molecule has 0 aliphatic heterocycles. The van der Waals surface area contributed by atoms with Crippen molar-refractivity contribution in [3.8, 4) is 34.4 Å². The van der Waals surface area contributed by atoms with Gasteiger partial charge in [0.2, 0.25) is 5.95 Å². The van der Waals surface area contributed by atoms with Gasteiger partial charge >= 0.3 is 0 Å². The first kappa shape index (κ1) is 21.9. The lowest BCUT2D eigenvalue weighted by Gasteiger charge is -2.10. The van der Waals surface area contributed by atoms with Crippen LogP contribution in [0.5, 0.6) is 5.75 Å². The lowest BCUT2D eigenvalue weighted by molar-refractivity contribution is -0.118. The van der Waals surface area contributed by atoms with Crippen LogP contribution in [-0.4, -0.2) is 32.3 Å². The summed E-state index contributed by atoms with van der Waals surface area (Å²) in [5, 5.41) is 7.30. The molecule has 35 heavy (non-hydrogen) atoms.